The van der Waals surface area contributed by atoms with Crippen LogP contribution < -0.4 is 14.8 Å². The molecule has 1 aromatic rings. The molecule has 0 fully saturated rings. The van der Waals surface area contributed by atoms with E-state index < -0.39 is 15.1 Å². The number of hydrogen-bond acceptors (Lipinski definition) is 5. The van der Waals surface area contributed by atoms with Crippen molar-refractivity contribution < 1.29 is 17.9 Å². The molecule has 2 unspecified atom stereocenters. The van der Waals surface area contributed by atoms with Gasteiger partial charge in [-0.3, -0.25) is 0 Å². The fourth-order valence-electron chi connectivity index (χ4n) is 2.82. The van der Waals surface area contributed by atoms with Crippen molar-refractivity contribution in [3.05, 3.63) is 17.7 Å². The summed E-state index contributed by atoms with van der Waals surface area (Å²) in [5.74, 6) is 1.18. The molecule has 0 aromatic heterocycles. The van der Waals surface area contributed by atoms with Crippen molar-refractivity contribution in [1.82, 2.24) is 5.32 Å². The fraction of sp³-hybridized carbons (Fsp3) is 0.571. The summed E-state index contributed by atoms with van der Waals surface area (Å²) in [5.41, 5.74) is 0.795. The molecule has 0 radical (unpaired) electrons. The van der Waals surface area contributed by atoms with E-state index in [-0.39, 0.29) is 6.04 Å². The summed E-state index contributed by atoms with van der Waals surface area (Å²) in [5, 5.41) is 2.78. The van der Waals surface area contributed by atoms with E-state index in [9.17, 15) is 8.42 Å². The zero-order chi connectivity index (χ0) is 14.3. The van der Waals surface area contributed by atoms with E-state index >= 15 is 0 Å². The smallest absolute Gasteiger partial charge is 0.183 e. The standard InChI is InChI=1S/C14H19NO4S/c1-3-15-14-9(2)20(16,17)13-8-12-11(7-10(13)14)18-5-4-6-19-12/h7-9,14-15H,3-6H2,1-2H3. The van der Waals surface area contributed by atoms with Crippen LogP contribution in [-0.2, 0) is 9.84 Å². The molecule has 2 aliphatic rings. The molecule has 0 aliphatic carbocycles. The van der Waals surface area contributed by atoms with Gasteiger partial charge in [-0.05, 0) is 25.1 Å². The summed E-state index contributed by atoms with van der Waals surface area (Å²) >= 11 is 0. The van der Waals surface area contributed by atoms with Crippen LogP contribution in [0.5, 0.6) is 11.5 Å². The van der Waals surface area contributed by atoms with Crippen LogP contribution in [0.25, 0.3) is 0 Å². The first-order valence-corrected chi connectivity index (χ1v) is 8.51. The number of ether oxygens (including phenoxy) is 2. The Morgan fingerprint density at radius 2 is 1.90 bits per heavy atom. The summed E-state index contributed by atoms with van der Waals surface area (Å²) in [6, 6.07) is 3.26. The minimum Gasteiger partial charge on any atom is -0.490 e. The summed E-state index contributed by atoms with van der Waals surface area (Å²) in [7, 11) is -3.30. The lowest BCUT2D eigenvalue weighted by Crippen LogP contribution is -2.29. The van der Waals surface area contributed by atoms with E-state index in [4.69, 9.17) is 9.47 Å². The Kier molecular flexibility index (Phi) is 3.38. The second-order valence-corrected chi connectivity index (χ2v) is 7.45. The molecule has 0 amide bonds. The zero-order valence-corrected chi connectivity index (χ0v) is 12.5. The van der Waals surface area contributed by atoms with Crippen molar-refractivity contribution in [2.75, 3.05) is 19.8 Å². The predicted octanol–water partition coefficient (Wildman–Crippen LogP) is 1.67. The minimum absolute atomic E-state index is 0.183. The van der Waals surface area contributed by atoms with E-state index in [1.54, 1.807) is 13.0 Å². The molecule has 2 aliphatic heterocycles. The van der Waals surface area contributed by atoms with Crippen LogP contribution in [0, 0.1) is 0 Å². The third-order valence-corrected chi connectivity index (χ3v) is 6.12. The molecule has 1 aromatic carbocycles. The Morgan fingerprint density at radius 3 is 2.55 bits per heavy atom. The van der Waals surface area contributed by atoms with Crippen LogP contribution in [0.3, 0.4) is 0 Å². The number of fused-ring (bicyclic) bond motifs is 2. The van der Waals surface area contributed by atoms with Gasteiger partial charge < -0.3 is 14.8 Å². The molecular weight excluding hydrogens is 278 g/mol. The lowest BCUT2D eigenvalue weighted by Gasteiger charge is -2.16. The summed E-state index contributed by atoms with van der Waals surface area (Å²) in [6.45, 7) is 5.59. The van der Waals surface area contributed by atoms with Gasteiger partial charge >= 0.3 is 0 Å². The third kappa shape index (κ3) is 1.98. The van der Waals surface area contributed by atoms with Crippen molar-refractivity contribution in [2.45, 2.75) is 36.5 Å². The number of sulfone groups is 1. The van der Waals surface area contributed by atoms with Crippen molar-refractivity contribution in [3.8, 4) is 11.5 Å². The van der Waals surface area contributed by atoms with Gasteiger partial charge in [0.1, 0.15) is 0 Å². The SMILES string of the molecule is CCNC1c2cc3c(cc2S(=O)(=O)C1C)OCCCO3. The van der Waals surface area contributed by atoms with Gasteiger partial charge in [0.25, 0.3) is 0 Å². The van der Waals surface area contributed by atoms with E-state index in [1.165, 1.54) is 0 Å². The van der Waals surface area contributed by atoms with Gasteiger partial charge in [0.2, 0.25) is 0 Å². The lowest BCUT2D eigenvalue weighted by atomic mass is 10.0. The lowest BCUT2D eigenvalue weighted by molar-refractivity contribution is 0.296. The van der Waals surface area contributed by atoms with Gasteiger partial charge in [-0.2, -0.15) is 0 Å². The molecule has 0 bridgehead atoms. The van der Waals surface area contributed by atoms with Gasteiger partial charge in [0, 0.05) is 12.5 Å². The Morgan fingerprint density at radius 1 is 1.25 bits per heavy atom. The Balaban J connectivity index is 2.15. The van der Waals surface area contributed by atoms with Crippen LogP contribution in [-0.4, -0.2) is 33.4 Å². The molecule has 2 heterocycles. The maximum Gasteiger partial charge on any atom is 0.183 e. The molecule has 20 heavy (non-hydrogen) atoms. The second-order valence-electron chi connectivity index (χ2n) is 5.17. The number of hydrogen-bond donors (Lipinski definition) is 1. The van der Waals surface area contributed by atoms with E-state index in [0.717, 1.165) is 18.5 Å². The van der Waals surface area contributed by atoms with E-state index in [0.29, 0.717) is 29.6 Å². The van der Waals surface area contributed by atoms with Gasteiger partial charge in [-0.25, -0.2) is 8.42 Å². The third-order valence-electron chi connectivity index (χ3n) is 3.90. The Hall–Kier alpha value is -1.27. The van der Waals surface area contributed by atoms with Crippen LogP contribution in [0.2, 0.25) is 0 Å². The highest BCUT2D eigenvalue weighted by molar-refractivity contribution is 7.92. The molecule has 0 saturated heterocycles. The first kappa shape index (κ1) is 13.7. The van der Waals surface area contributed by atoms with Crippen LogP contribution in [0.4, 0.5) is 0 Å². The zero-order valence-electron chi connectivity index (χ0n) is 11.7. The normalized spacial score (nSPS) is 26.9. The quantitative estimate of drug-likeness (QED) is 0.899. The first-order chi connectivity index (χ1) is 9.55. The molecule has 0 saturated carbocycles. The molecule has 110 valence electrons. The predicted molar refractivity (Wildman–Crippen MR) is 75.1 cm³/mol. The molecule has 5 nitrogen and oxygen atoms in total. The minimum atomic E-state index is -3.30. The average Bonchev–Trinajstić information content (AvgIpc) is 2.62. The first-order valence-electron chi connectivity index (χ1n) is 6.96. The maximum absolute atomic E-state index is 12.5. The van der Waals surface area contributed by atoms with Crippen LogP contribution in [0.15, 0.2) is 17.0 Å². The van der Waals surface area contributed by atoms with Gasteiger partial charge in [-0.1, -0.05) is 6.92 Å². The number of nitrogens with one attached hydrogen (secondary N) is 1. The number of benzene rings is 1. The summed E-state index contributed by atoms with van der Waals surface area (Å²) in [6.07, 6.45) is 0.805. The average molecular weight is 297 g/mol. The van der Waals surface area contributed by atoms with Gasteiger partial charge in [0.15, 0.2) is 21.3 Å². The van der Waals surface area contributed by atoms with Gasteiger partial charge in [0.05, 0.1) is 29.4 Å². The highest BCUT2D eigenvalue weighted by Crippen LogP contribution is 2.44. The van der Waals surface area contributed by atoms with E-state index in [1.807, 2.05) is 13.0 Å². The Bertz CT molecular complexity index is 626. The fourth-order valence-corrected chi connectivity index (χ4v) is 4.61. The van der Waals surface area contributed by atoms with Crippen molar-refractivity contribution in [2.24, 2.45) is 0 Å². The topological polar surface area (TPSA) is 64.6 Å². The summed E-state index contributed by atoms with van der Waals surface area (Å²) in [4.78, 5) is 0.375. The molecule has 3 rings (SSSR count). The maximum atomic E-state index is 12.5. The van der Waals surface area contributed by atoms with Crippen molar-refractivity contribution in [1.29, 1.82) is 0 Å². The molecule has 6 heteroatoms. The number of rotatable bonds is 2. The van der Waals surface area contributed by atoms with Crippen LogP contribution in [0.1, 0.15) is 31.9 Å². The molecule has 1 N–H and O–H groups in total. The highest BCUT2D eigenvalue weighted by atomic mass is 32.2. The molecule has 2 atom stereocenters. The largest absolute Gasteiger partial charge is 0.490 e. The van der Waals surface area contributed by atoms with Crippen molar-refractivity contribution >= 4 is 9.84 Å². The van der Waals surface area contributed by atoms with E-state index in [2.05, 4.69) is 5.32 Å². The van der Waals surface area contributed by atoms with Crippen molar-refractivity contribution in [3.63, 3.8) is 0 Å². The molecular formula is C14H19NO4S. The second kappa shape index (κ2) is 4.93. The Labute approximate surface area is 119 Å². The summed E-state index contributed by atoms with van der Waals surface area (Å²) < 4.78 is 36.3. The van der Waals surface area contributed by atoms with Crippen LogP contribution >= 0.6 is 0 Å². The monoisotopic (exact) mass is 297 g/mol. The van der Waals surface area contributed by atoms with Gasteiger partial charge in [-0.15, -0.1) is 0 Å². The molecule has 0 spiro atoms. The highest BCUT2D eigenvalue weighted by Gasteiger charge is 2.42.